The first-order valence-corrected chi connectivity index (χ1v) is 13.7. The summed E-state index contributed by atoms with van der Waals surface area (Å²) in [6, 6.07) is 15.1. The molecule has 5 aliphatic carbocycles. The molecule has 5 fully saturated rings. The molecule has 9 rings (SSSR count). The van der Waals surface area contributed by atoms with Crippen molar-refractivity contribution in [1.29, 1.82) is 0 Å². The van der Waals surface area contributed by atoms with E-state index in [0.717, 1.165) is 55.9 Å². The molecule has 0 unspecified atom stereocenters. The molecule has 4 saturated carbocycles. The van der Waals surface area contributed by atoms with Crippen LogP contribution in [0.2, 0.25) is 0 Å². The van der Waals surface area contributed by atoms with Crippen LogP contribution in [0.5, 0.6) is 5.75 Å². The van der Waals surface area contributed by atoms with Crippen molar-refractivity contribution in [3.8, 4) is 5.75 Å². The van der Waals surface area contributed by atoms with Gasteiger partial charge in [0.25, 0.3) is 0 Å². The van der Waals surface area contributed by atoms with Crippen molar-refractivity contribution in [3.63, 3.8) is 0 Å². The number of hydrogen-bond acceptors (Lipinski definition) is 4. The van der Waals surface area contributed by atoms with Gasteiger partial charge in [0.2, 0.25) is 0 Å². The number of ketones is 1. The third-order valence-electron chi connectivity index (χ3n) is 11.3. The van der Waals surface area contributed by atoms with Crippen LogP contribution in [-0.2, 0) is 16.6 Å². The Hall–Kier alpha value is -2.17. The number of fused-ring (bicyclic) bond motifs is 2. The van der Waals surface area contributed by atoms with E-state index in [4.69, 9.17) is 9.47 Å². The lowest BCUT2D eigenvalue weighted by molar-refractivity contribution is -0.267. The first-order valence-electron chi connectivity index (χ1n) is 13.7. The van der Waals surface area contributed by atoms with Crippen LogP contribution < -0.4 is 4.74 Å². The Morgan fingerprint density at radius 2 is 1.94 bits per heavy atom. The van der Waals surface area contributed by atoms with Crippen LogP contribution in [-0.4, -0.2) is 48.6 Å². The van der Waals surface area contributed by atoms with E-state index in [9.17, 15) is 4.79 Å². The molecule has 4 heteroatoms. The Bertz CT molecular complexity index is 1240. The van der Waals surface area contributed by atoms with E-state index in [2.05, 4.69) is 24.0 Å². The maximum Gasteiger partial charge on any atom is 0.168 e. The lowest BCUT2D eigenvalue weighted by atomic mass is 9.34. The minimum absolute atomic E-state index is 0.0334. The van der Waals surface area contributed by atoms with Crippen molar-refractivity contribution in [1.82, 2.24) is 4.90 Å². The first-order chi connectivity index (χ1) is 17.0. The van der Waals surface area contributed by atoms with E-state index in [1.165, 1.54) is 36.1 Å². The maximum atomic E-state index is 14.2. The van der Waals surface area contributed by atoms with Gasteiger partial charge in [0, 0.05) is 41.7 Å². The number of aryl methyl sites for hydroxylation is 1. The standard InChI is InChI=1S/C31H35NO3/c1-19-8-11-22-16-24-29-12-13-31(34-2,23(17-29)26(33)21-6-4-3-5-7-21)28-30(29,25(22)27(19)35-28)14-15-32(24)18-20-9-10-20/h3-8,11,20,23-24,28H,9-10,12-18H2,1-2H3/t23-,24-,28-,29-,30+,31-/m1/s1. The number of benzene rings is 2. The normalized spacial score (nSPS) is 40.3. The van der Waals surface area contributed by atoms with E-state index in [-0.39, 0.29) is 28.6 Å². The van der Waals surface area contributed by atoms with Gasteiger partial charge in [0.05, 0.1) is 5.92 Å². The zero-order chi connectivity index (χ0) is 23.6. The van der Waals surface area contributed by atoms with E-state index in [0.29, 0.717) is 6.04 Å². The zero-order valence-corrected chi connectivity index (χ0v) is 20.9. The lowest BCUT2D eigenvalue weighted by Crippen LogP contribution is -2.81. The summed E-state index contributed by atoms with van der Waals surface area (Å²) in [6.45, 7) is 4.57. The summed E-state index contributed by atoms with van der Waals surface area (Å²) >= 11 is 0. The van der Waals surface area contributed by atoms with Crippen molar-refractivity contribution in [2.75, 3.05) is 20.2 Å². The molecule has 7 aliphatic rings. The van der Waals surface area contributed by atoms with Gasteiger partial charge in [-0.25, -0.2) is 0 Å². The highest BCUT2D eigenvalue weighted by molar-refractivity contribution is 5.99. The molecule has 6 atom stereocenters. The van der Waals surface area contributed by atoms with Gasteiger partial charge in [0.15, 0.2) is 5.78 Å². The zero-order valence-electron chi connectivity index (χ0n) is 20.9. The van der Waals surface area contributed by atoms with Crippen LogP contribution in [0.3, 0.4) is 0 Å². The highest BCUT2D eigenvalue weighted by atomic mass is 16.6. The summed E-state index contributed by atoms with van der Waals surface area (Å²) in [5, 5.41) is 0. The Morgan fingerprint density at radius 1 is 1.11 bits per heavy atom. The SMILES string of the molecule is CO[C@]12CC[C@@]3(C[C@@H]1C(=O)c1ccccc1)[C@H]1Cc4ccc(C)c5c4[C@@]3(CCN1CC1CC1)[C@H]2O5. The second kappa shape index (κ2) is 6.77. The van der Waals surface area contributed by atoms with Crippen molar-refractivity contribution in [3.05, 3.63) is 64.7 Å². The molecule has 2 aromatic carbocycles. The van der Waals surface area contributed by atoms with Gasteiger partial charge < -0.3 is 9.47 Å². The number of Topliss-reactive ketones (excluding diaryl/α,β-unsaturated/α-hetero) is 1. The highest BCUT2D eigenvalue weighted by Gasteiger charge is 2.81. The molecule has 4 nitrogen and oxygen atoms in total. The van der Waals surface area contributed by atoms with Crippen LogP contribution in [0.25, 0.3) is 0 Å². The largest absolute Gasteiger partial charge is 0.486 e. The Morgan fingerprint density at radius 3 is 2.71 bits per heavy atom. The van der Waals surface area contributed by atoms with Crippen molar-refractivity contribution in [2.24, 2.45) is 17.3 Å². The first kappa shape index (κ1) is 21.0. The third kappa shape index (κ3) is 2.35. The van der Waals surface area contributed by atoms with Crippen molar-refractivity contribution >= 4 is 5.78 Å². The molecule has 2 aromatic rings. The van der Waals surface area contributed by atoms with Crippen LogP contribution in [0, 0.1) is 24.2 Å². The topological polar surface area (TPSA) is 38.8 Å². The molecule has 182 valence electrons. The molecule has 2 aliphatic heterocycles. The molecule has 2 heterocycles. The smallest absolute Gasteiger partial charge is 0.168 e. The molecule has 0 radical (unpaired) electrons. The van der Waals surface area contributed by atoms with E-state index in [1.54, 1.807) is 0 Å². The Balaban J connectivity index is 1.35. The molecular weight excluding hydrogens is 434 g/mol. The van der Waals surface area contributed by atoms with Crippen LogP contribution in [0.15, 0.2) is 42.5 Å². The number of carbonyl (C=O) groups excluding carboxylic acids is 1. The summed E-state index contributed by atoms with van der Waals surface area (Å²) in [6.07, 6.45) is 7.88. The van der Waals surface area contributed by atoms with Crippen LogP contribution in [0.4, 0.5) is 0 Å². The molecule has 35 heavy (non-hydrogen) atoms. The summed E-state index contributed by atoms with van der Waals surface area (Å²) in [5.41, 5.74) is 4.51. The molecule has 2 spiro atoms. The summed E-state index contributed by atoms with van der Waals surface area (Å²) in [5.74, 6) is 2.07. The van der Waals surface area contributed by atoms with Crippen molar-refractivity contribution < 1.29 is 14.3 Å². The quantitative estimate of drug-likeness (QED) is 0.571. The van der Waals surface area contributed by atoms with E-state index >= 15 is 0 Å². The van der Waals surface area contributed by atoms with Gasteiger partial charge in [-0.1, -0.05) is 42.5 Å². The van der Waals surface area contributed by atoms with E-state index < -0.39 is 5.60 Å². The fourth-order valence-corrected chi connectivity index (χ4v) is 9.65. The predicted octanol–water partition coefficient (Wildman–Crippen LogP) is 5.10. The van der Waals surface area contributed by atoms with Gasteiger partial charge in [-0.2, -0.15) is 0 Å². The average Bonchev–Trinajstić information content (AvgIpc) is 3.63. The number of hydrogen-bond donors (Lipinski definition) is 0. The number of likely N-dealkylation sites (tertiary alicyclic amines) is 1. The summed E-state index contributed by atoms with van der Waals surface area (Å²) in [7, 11) is 1.84. The third-order valence-corrected chi connectivity index (χ3v) is 11.3. The number of carbonyl (C=O) groups is 1. The monoisotopic (exact) mass is 469 g/mol. The molecule has 1 saturated heterocycles. The van der Waals surface area contributed by atoms with Crippen molar-refractivity contribution in [2.45, 2.75) is 75.0 Å². The van der Waals surface area contributed by atoms with Crippen LogP contribution >= 0.6 is 0 Å². The molecule has 0 aromatic heterocycles. The lowest BCUT2D eigenvalue weighted by Gasteiger charge is -2.73. The molecule has 0 N–H and O–H groups in total. The average molecular weight is 470 g/mol. The van der Waals surface area contributed by atoms with Gasteiger partial charge in [-0.3, -0.25) is 9.69 Å². The van der Waals surface area contributed by atoms with Gasteiger partial charge in [-0.15, -0.1) is 0 Å². The number of ether oxygens (including phenoxy) is 2. The predicted molar refractivity (Wildman–Crippen MR) is 134 cm³/mol. The highest BCUT2D eigenvalue weighted by Crippen LogP contribution is 2.76. The molecule has 4 bridgehead atoms. The Labute approximate surface area is 208 Å². The van der Waals surface area contributed by atoms with Gasteiger partial charge in [-0.05, 0) is 75.5 Å². The van der Waals surface area contributed by atoms with E-state index in [1.807, 2.05) is 37.4 Å². The van der Waals surface area contributed by atoms with Gasteiger partial charge >= 0.3 is 0 Å². The molecular formula is C31H35NO3. The number of rotatable bonds is 5. The second-order valence-corrected chi connectivity index (χ2v) is 12.4. The second-order valence-electron chi connectivity index (χ2n) is 12.4. The Kier molecular flexibility index (Phi) is 4.06. The minimum Gasteiger partial charge on any atom is -0.486 e. The molecule has 0 amide bonds. The van der Waals surface area contributed by atoms with Crippen LogP contribution in [0.1, 0.15) is 65.6 Å². The summed E-state index contributed by atoms with van der Waals surface area (Å²) < 4.78 is 13.6. The fraction of sp³-hybridized carbons (Fsp3) is 0.581. The minimum atomic E-state index is -0.571. The fourth-order valence-electron chi connectivity index (χ4n) is 9.65. The number of methoxy groups -OCH3 is 1. The van der Waals surface area contributed by atoms with Gasteiger partial charge in [0.1, 0.15) is 17.5 Å². The summed E-state index contributed by atoms with van der Waals surface area (Å²) in [4.78, 5) is 17.0. The number of piperidine rings is 1. The number of nitrogens with zero attached hydrogens (tertiary/aromatic N) is 1. The maximum absolute atomic E-state index is 14.2.